The molecule has 1 saturated heterocycles. The quantitative estimate of drug-likeness (QED) is 0.273. The van der Waals surface area contributed by atoms with E-state index < -0.39 is 17.0 Å². The highest BCUT2D eigenvalue weighted by atomic mass is 35.5. The Labute approximate surface area is 246 Å². The first-order valence-electron chi connectivity index (χ1n) is 13.8. The number of hydrogen-bond donors (Lipinski definition) is 1. The lowest BCUT2D eigenvalue weighted by molar-refractivity contribution is -0.127. The van der Waals surface area contributed by atoms with E-state index in [2.05, 4.69) is 11.6 Å². The van der Waals surface area contributed by atoms with Crippen LogP contribution in [0.3, 0.4) is 0 Å². The Bertz CT molecular complexity index is 1890. The van der Waals surface area contributed by atoms with E-state index in [1.807, 2.05) is 30.9 Å². The van der Waals surface area contributed by atoms with Crippen molar-refractivity contribution in [2.45, 2.75) is 37.8 Å². The molecule has 0 radical (unpaired) electrons. The van der Waals surface area contributed by atoms with E-state index in [9.17, 15) is 9.59 Å². The average molecular weight is 587 g/mol. The van der Waals surface area contributed by atoms with Crippen LogP contribution < -0.4 is 21.1 Å². The predicted molar refractivity (Wildman–Crippen MR) is 160 cm³/mol. The van der Waals surface area contributed by atoms with Gasteiger partial charge in [0.05, 0.1) is 22.6 Å². The Kier molecular flexibility index (Phi) is 5.85. The molecule has 1 spiro atoms. The number of ether oxygens (including phenoxy) is 1. The predicted octanol–water partition coefficient (Wildman–Crippen LogP) is 4.68. The van der Waals surface area contributed by atoms with Crippen molar-refractivity contribution in [1.29, 1.82) is 0 Å². The molecule has 11 heteroatoms. The van der Waals surface area contributed by atoms with Crippen LogP contribution in [0, 0.1) is 5.82 Å². The summed E-state index contributed by atoms with van der Waals surface area (Å²) in [6.07, 6.45) is 1.54. The van der Waals surface area contributed by atoms with Crippen LogP contribution >= 0.6 is 11.6 Å². The number of benzene rings is 2. The number of para-hydroxylation sites is 1. The van der Waals surface area contributed by atoms with Crippen molar-refractivity contribution in [2.75, 3.05) is 30.3 Å². The first-order valence-corrected chi connectivity index (χ1v) is 14.2. The van der Waals surface area contributed by atoms with Crippen LogP contribution in [0.4, 0.5) is 15.9 Å². The third-order valence-corrected chi connectivity index (χ3v) is 8.90. The van der Waals surface area contributed by atoms with Crippen LogP contribution in [0.2, 0.25) is 5.02 Å². The lowest BCUT2D eigenvalue weighted by atomic mass is 9.99. The molecule has 0 bridgehead atoms. The van der Waals surface area contributed by atoms with Crippen molar-refractivity contribution in [3.05, 3.63) is 82.0 Å². The van der Waals surface area contributed by atoms with Gasteiger partial charge in [-0.25, -0.2) is 18.7 Å². The molecule has 2 N–H and O–H groups in total. The number of nitrogens with zero attached hydrogens (tertiary/aromatic N) is 5. The van der Waals surface area contributed by atoms with Gasteiger partial charge in [0.1, 0.15) is 28.1 Å². The van der Waals surface area contributed by atoms with E-state index in [4.69, 9.17) is 27.1 Å². The van der Waals surface area contributed by atoms with Crippen LogP contribution in [0.15, 0.2) is 59.9 Å². The molecule has 2 atom stereocenters. The largest absolute Gasteiger partial charge is 0.485 e. The molecular formula is C31H28ClFN6O3. The average Bonchev–Trinajstić information content (AvgIpc) is 3.66. The Morgan fingerprint density at radius 1 is 1.21 bits per heavy atom. The number of pyridine rings is 1. The van der Waals surface area contributed by atoms with Crippen molar-refractivity contribution in [1.82, 2.24) is 19.4 Å². The number of amides is 1. The summed E-state index contributed by atoms with van der Waals surface area (Å²) in [5, 5.41) is 0.555. The third-order valence-electron chi connectivity index (χ3n) is 8.55. The molecule has 1 amide bonds. The number of rotatable bonds is 4. The number of halogens is 2. The number of hydrogen-bond acceptors (Lipinski definition) is 7. The zero-order valence-corrected chi connectivity index (χ0v) is 23.9. The topological polar surface area (TPSA) is 107 Å². The second kappa shape index (κ2) is 9.29. The zero-order chi connectivity index (χ0) is 29.5. The second-order valence-electron chi connectivity index (χ2n) is 11.3. The van der Waals surface area contributed by atoms with Gasteiger partial charge in [-0.15, -0.1) is 0 Å². The van der Waals surface area contributed by atoms with E-state index in [-0.39, 0.29) is 45.6 Å². The summed E-state index contributed by atoms with van der Waals surface area (Å²) in [4.78, 5) is 39.9. The van der Waals surface area contributed by atoms with E-state index in [1.165, 1.54) is 16.7 Å². The van der Waals surface area contributed by atoms with E-state index in [0.717, 1.165) is 5.56 Å². The molecule has 2 fully saturated rings. The fraction of sp³-hybridized carbons (Fsp3) is 0.290. The number of piperazine rings is 1. The maximum atomic E-state index is 15.2. The maximum Gasteiger partial charge on any atom is 0.355 e. The minimum absolute atomic E-state index is 0.0151. The molecule has 4 aromatic rings. The van der Waals surface area contributed by atoms with Gasteiger partial charge in [0.2, 0.25) is 5.91 Å². The van der Waals surface area contributed by atoms with Gasteiger partial charge < -0.3 is 20.3 Å². The van der Waals surface area contributed by atoms with Gasteiger partial charge in [0.15, 0.2) is 11.4 Å². The van der Waals surface area contributed by atoms with Crippen LogP contribution in [0.5, 0.6) is 5.75 Å². The highest BCUT2D eigenvalue weighted by Crippen LogP contribution is 2.56. The smallest absolute Gasteiger partial charge is 0.355 e. The number of aromatic nitrogens is 3. The molecule has 9 nitrogen and oxygen atoms in total. The molecule has 1 saturated carbocycles. The summed E-state index contributed by atoms with van der Waals surface area (Å²) in [5.41, 5.74) is 7.49. The number of anilines is 2. The van der Waals surface area contributed by atoms with Crippen molar-refractivity contribution in [3.8, 4) is 22.7 Å². The van der Waals surface area contributed by atoms with Gasteiger partial charge >= 0.3 is 5.69 Å². The number of fused-ring (bicyclic) bond motifs is 1. The van der Waals surface area contributed by atoms with E-state index >= 15 is 4.39 Å². The van der Waals surface area contributed by atoms with E-state index in [1.54, 1.807) is 29.2 Å². The van der Waals surface area contributed by atoms with Crippen LogP contribution in [-0.4, -0.2) is 56.6 Å². The van der Waals surface area contributed by atoms with Gasteiger partial charge in [-0.05, 0) is 35.8 Å². The van der Waals surface area contributed by atoms with Crippen molar-refractivity contribution in [3.63, 3.8) is 0 Å². The number of nitrogen functional groups attached to an aromatic ring is 1. The van der Waals surface area contributed by atoms with Crippen LogP contribution in [0.1, 0.15) is 31.7 Å². The molecule has 3 aliphatic rings. The fourth-order valence-electron chi connectivity index (χ4n) is 6.40. The molecule has 7 rings (SSSR count). The molecule has 2 aromatic carbocycles. The number of nitrogens with two attached hydrogens (primary N) is 1. The lowest BCUT2D eigenvalue weighted by Gasteiger charge is -2.42. The minimum atomic E-state index is -0.606. The highest BCUT2D eigenvalue weighted by molar-refractivity contribution is 6.36. The summed E-state index contributed by atoms with van der Waals surface area (Å²) < 4.78 is 23.2. The molecular weight excluding hydrogens is 559 g/mol. The monoisotopic (exact) mass is 586 g/mol. The third kappa shape index (κ3) is 3.67. The SMILES string of the molecule is C=CC(=O)N1CCN2c3nc(=O)n(-c4c(N)cccc4C(C)C)c4nc(-c5ccccc5F)c(Cl)c(c34)OC3CC32C1. The Hall–Kier alpha value is -4.44. The molecule has 42 heavy (non-hydrogen) atoms. The van der Waals surface area contributed by atoms with Gasteiger partial charge in [0.25, 0.3) is 0 Å². The summed E-state index contributed by atoms with van der Waals surface area (Å²) in [6.45, 7) is 8.85. The Morgan fingerprint density at radius 3 is 2.74 bits per heavy atom. The summed E-state index contributed by atoms with van der Waals surface area (Å²) >= 11 is 7.01. The molecule has 2 unspecified atom stereocenters. The highest BCUT2D eigenvalue weighted by Gasteiger charge is 2.65. The Balaban J connectivity index is 1.57. The lowest BCUT2D eigenvalue weighted by Crippen LogP contribution is -2.58. The van der Waals surface area contributed by atoms with Gasteiger partial charge in [-0.1, -0.05) is 56.3 Å². The van der Waals surface area contributed by atoms with Crippen molar-refractivity contribution < 1.29 is 13.9 Å². The first kappa shape index (κ1) is 26.5. The maximum absolute atomic E-state index is 15.2. The molecule has 2 aromatic heterocycles. The van der Waals surface area contributed by atoms with E-state index in [0.29, 0.717) is 48.6 Å². The summed E-state index contributed by atoms with van der Waals surface area (Å²) in [7, 11) is 0. The summed E-state index contributed by atoms with van der Waals surface area (Å²) in [6, 6.07) is 11.6. The zero-order valence-electron chi connectivity index (χ0n) is 23.1. The molecule has 214 valence electrons. The first-order chi connectivity index (χ1) is 20.2. The standard InChI is InChI=1S/C31H28ClFN6O3/c1-4-22(40)37-12-13-38-28-23-27(42-21-14-31(21,38)15-37)24(32)25(18-8-5-6-10-19(18)33)35-29(23)39(30(41)36-28)26-17(16(2)3)9-7-11-20(26)34/h4-11,16,21H,1,12-15,34H2,2-3H3. The second-order valence-corrected chi connectivity index (χ2v) is 11.7. The molecule has 2 aliphatic heterocycles. The summed E-state index contributed by atoms with van der Waals surface area (Å²) in [5.74, 6) is -0.0265. The molecule has 4 heterocycles. The minimum Gasteiger partial charge on any atom is -0.485 e. The van der Waals surface area contributed by atoms with Crippen molar-refractivity contribution in [2.24, 2.45) is 0 Å². The molecule has 1 aliphatic carbocycles. The number of carbonyl (C=O) groups is 1. The Morgan fingerprint density at radius 2 is 2.00 bits per heavy atom. The number of carbonyl (C=O) groups excluding carboxylic acids is 1. The normalized spacial score (nSPS) is 20.5. The van der Waals surface area contributed by atoms with Gasteiger partial charge in [-0.3, -0.25) is 4.79 Å². The van der Waals surface area contributed by atoms with Crippen molar-refractivity contribution >= 4 is 40.0 Å². The fourth-order valence-corrected chi connectivity index (χ4v) is 6.68. The van der Waals surface area contributed by atoms with Gasteiger partial charge in [-0.2, -0.15) is 4.98 Å². The van der Waals surface area contributed by atoms with Crippen LogP contribution in [0.25, 0.3) is 28.0 Å². The van der Waals surface area contributed by atoms with Gasteiger partial charge in [0, 0.05) is 31.6 Å². The van der Waals surface area contributed by atoms with Crippen LogP contribution in [-0.2, 0) is 4.79 Å².